The number of nitrogens with zero attached hydrogens (tertiary/aromatic N) is 4. The van der Waals surface area contributed by atoms with Gasteiger partial charge in [0.25, 0.3) is 5.91 Å². The van der Waals surface area contributed by atoms with Gasteiger partial charge in [-0.2, -0.15) is 5.10 Å². The Hall–Kier alpha value is -3.10. The number of rotatable bonds is 10. The molecule has 0 spiro atoms. The van der Waals surface area contributed by atoms with Gasteiger partial charge in [-0.05, 0) is 36.8 Å². The summed E-state index contributed by atoms with van der Waals surface area (Å²) in [5.41, 5.74) is 4.39. The van der Waals surface area contributed by atoms with Gasteiger partial charge in [0, 0.05) is 17.3 Å². The van der Waals surface area contributed by atoms with Gasteiger partial charge < -0.3 is 9.88 Å². The molecule has 3 rings (SSSR count). The van der Waals surface area contributed by atoms with Crippen LogP contribution in [0.5, 0.6) is 0 Å². The molecule has 0 radical (unpaired) electrons. The smallest absolute Gasteiger partial charge is 0.253 e. The minimum atomic E-state index is -0.412. The molecule has 0 bridgehead atoms. The van der Waals surface area contributed by atoms with Crippen molar-refractivity contribution in [2.24, 2.45) is 5.10 Å². The van der Waals surface area contributed by atoms with E-state index >= 15 is 0 Å². The molecule has 160 valence electrons. The molecule has 1 aromatic heterocycles. The summed E-state index contributed by atoms with van der Waals surface area (Å²) < 4.78 is 1.94. The first kappa shape index (κ1) is 22.6. The fraction of sp³-hybridized carbons (Fsp3) is 0.182. The molecule has 0 fully saturated rings. The Morgan fingerprint density at radius 1 is 1.23 bits per heavy atom. The summed E-state index contributed by atoms with van der Waals surface area (Å²) in [5, 5.41) is 16.8. The van der Waals surface area contributed by atoms with Crippen molar-refractivity contribution in [2.75, 3.05) is 5.32 Å². The predicted octanol–water partition coefficient (Wildman–Crippen LogP) is 4.36. The lowest BCUT2D eigenvalue weighted by Crippen LogP contribution is -2.27. The van der Waals surface area contributed by atoms with E-state index in [1.54, 1.807) is 31.3 Å². The van der Waals surface area contributed by atoms with E-state index in [0.29, 0.717) is 23.3 Å². The largest absolute Gasteiger partial charge is 0.378 e. The number of allylic oxidation sites excluding steroid dienone is 1. The maximum atomic E-state index is 12.4. The van der Waals surface area contributed by atoms with Gasteiger partial charge >= 0.3 is 0 Å². The summed E-state index contributed by atoms with van der Waals surface area (Å²) in [7, 11) is 0. The highest BCUT2D eigenvalue weighted by atomic mass is 35.5. The molecule has 2 N–H and O–H groups in total. The van der Waals surface area contributed by atoms with Crippen LogP contribution in [0.4, 0.5) is 5.69 Å². The summed E-state index contributed by atoms with van der Waals surface area (Å²) >= 11 is 7.18. The molecule has 31 heavy (non-hydrogen) atoms. The quantitative estimate of drug-likeness (QED) is 0.206. The topological polar surface area (TPSA) is 84.2 Å². The minimum Gasteiger partial charge on any atom is -0.378 e. The van der Waals surface area contributed by atoms with Crippen LogP contribution in [-0.4, -0.2) is 32.1 Å². The van der Waals surface area contributed by atoms with Crippen LogP contribution in [0.25, 0.3) is 0 Å². The van der Waals surface area contributed by atoms with Gasteiger partial charge in [-0.3, -0.25) is 4.79 Å². The Bertz CT molecular complexity index is 1040. The van der Waals surface area contributed by atoms with E-state index in [-0.39, 0.29) is 5.91 Å². The van der Waals surface area contributed by atoms with Crippen molar-refractivity contribution in [1.82, 2.24) is 20.2 Å². The number of hydrazone groups is 1. The number of para-hydroxylation sites is 1. The molecule has 3 aromatic rings. The molecule has 1 unspecified atom stereocenters. The molecule has 0 aliphatic rings. The summed E-state index contributed by atoms with van der Waals surface area (Å²) in [4.78, 5) is 12.4. The molecule has 2 aromatic carbocycles. The van der Waals surface area contributed by atoms with E-state index < -0.39 is 5.25 Å². The van der Waals surface area contributed by atoms with Crippen LogP contribution in [-0.2, 0) is 17.9 Å². The third-order valence-corrected chi connectivity index (χ3v) is 5.57. The highest BCUT2D eigenvalue weighted by molar-refractivity contribution is 8.00. The standard InChI is InChI=1S/C22H23ClN6OS/c1-3-13-29-20(15-24-19-7-5-4-6-8-19)26-28-22(29)31-16(2)21(30)27-25-14-17-9-11-18(23)12-10-17/h3-12,14,16,24H,1,13,15H2,2H3,(H,27,30). The number of hydrogen-bond donors (Lipinski definition) is 2. The summed E-state index contributed by atoms with van der Waals surface area (Å²) in [6.07, 6.45) is 3.35. The van der Waals surface area contributed by atoms with E-state index in [9.17, 15) is 4.79 Å². The van der Waals surface area contributed by atoms with Gasteiger partial charge in [-0.25, -0.2) is 5.43 Å². The van der Waals surface area contributed by atoms with Gasteiger partial charge in [0.1, 0.15) is 0 Å². The number of nitrogens with one attached hydrogen (secondary N) is 2. The molecule has 0 aliphatic heterocycles. The van der Waals surface area contributed by atoms with Crippen LogP contribution in [0.3, 0.4) is 0 Å². The number of carbonyl (C=O) groups is 1. The molecule has 0 aliphatic carbocycles. The number of thioether (sulfide) groups is 1. The van der Waals surface area contributed by atoms with Gasteiger partial charge in [0.15, 0.2) is 11.0 Å². The number of hydrogen-bond acceptors (Lipinski definition) is 6. The number of carbonyl (C=O) groups excluding carboxylic acids is 1. The normalized spacial score (nSPS) is 11.9. The molecule has 7 nitrogen and oxygen atoms in total. The molecule has 1 atom stereocenters. The molecule has 0 saturated carbocycles. The van der Waals surface area contributed by atoms with Gasteiger partial charge in [0.2, 0.25) is 0 Å². The molecule has 1 amide bonds. The monoisotopic (exact) mass is 454 g/mol. The number of amides is 1. The fourth-order valence-corrected chi connectivity index (χ4v) is 3.61. The van der Waals surface area contributed by atoms with Crippen LogP contribution in [0.1, 0.15) is 18.3 Å². The zero-order valence-corrected chi connectivity index (χ0v) is 18.6. The lowest BCUT2D eigenvalue weighted by atomic mass is 10.2. The van der Waals surface area contributed by atoms with Gasteiger partial charge in [-0.1, -0.05) is 59.8 Å². The van der Waals surface area contributed by atoms with Crippen molar-refractivity contribution in [2.45, 2.75) is 30.4 Å². The van der Waals surface area contributed by atoms with Crippen LogP contribution >= 0.6 is 23.4 Å². The third kappa shape index (κ3) is 6.70. The van der Waals surface area contributed by atoms with Crippen LogP contribution < -0.4 is 10.7 Å². The van der Waals surface area contributed by atoms with Crippen molar-refractivity contribution in [3.63, 3.8) is 0 Å². The highest BCUT2D eigenvalue weighted by Gasteiger charge is 2.19. The predicted molar refractivity (Wildman–Crippen MR) is 126 cm³/mol. The van der Waals surface area contributed by atoms with E-state index in [1.165, 1.54) is 11.8 Å². The first-order valence-corrected chi connectivity index (χ1v) is 10.9. The second kappa shape index (κ2) is 11.3. The average molecular weight is 455 g/mol. The van der Waals surface area contributed by atoms with Crippen LogP contribution in [0.2, 0.25) is 5.02 Å². The minimum absolute atomic E-state index is 0.229. The van der Waals surface area contributed by atoms with E-state index in [2.05, 4.69) is 32.6 Å². The maximum Gasteiger partial charge on any atom is 0.253 e. The maximum absolute atomic E-state index is 12.4. The fourth-order valence-electron chi connectivity index (χ4n) is 2.61. The molecular formula is C22H23ClN6OS. The molecule has 0 saturated heterocycles. The number of benzene rings is 2. The SMILES string of the molecule is C=CCn1c(CNc2ccccc2)nnc1SC(C)C(=O)NN=Cc1ccc(Cl)cc1. The van der Waals surface area contributed by atoms with Gasteiger partial charge in [-0.15, -0.1) is 16.8 Å². The first-order chi connectivity index (χ1) is 15.1. The lowest BCUT2D eigenvalue weighted by molar-refractivity contribution is -0.120. The van der Waals surface area contributed by atoms with Crippen LogP contribution in [0.15, 0.2) is 77.5 Å². The highest BCUT2D eigenvalue weighted by Crippen LogP contribution is 2.23. The summed E-state index contributed by atoms with van der Waals surface area (Å²) in [6.45, 7) is 6.67. The van der Waals surface area contributed by atoms with E-state index in [0.717, 1.165) is 17.1 Å². The number of halogens is 1. The van der Waals surface area contributed by atoms with Crippen molar-refractivity contribution < 1.29 is 4.79 Å². The van der Waals surface area contributed by atoms with Crippen molar-refractivity contribution in [1.29, 1.82) is 0 Å². The molecule has 9 heteroatoms. The van der Waals surface area contributed by atoms with E-state index in [4.69, 9.17) is 11.6 Å². The Morgan fingerprint density at radius 3 is 2.68 bits per heavy atom. The Morgan fingerprint density at radius 2 is 1.97 bits per heavy atom. The second-order valence-electron chi connectivity index (χ2n) is 6.56. The number of anilines is 1. The van der Waals surface area contributed by atoms with Crippen LogP contribution in [0, 0.1) is 0 Å². The van der Waals surface area contributed by atoms with Crippen molar-refractivity contribution >= 4 is 41.2 Å². The summed E-state index contributed by atoms with van der Waals surface area (Å²) in [6, 6.07) is 17.0. The Balaban J connectivity index is 1.59. The summed E-state index contributed by atoms with van der Waals surface area (Å²) in [5.74, 6) is 0.534. The molecule has 1 heterocycles. The third-order valence-electron chi connectivity index (χ3n) is 4.24. The lowest BCUT2D eigenvalue weighted by Gasteiger charge is -2.12. The van der Waals surface area contributed by atoms with E-state index in [1.807, 2.05) is 47.0 Å². The number of aromatic nitrogens is 3. The van der Waals surface area contributed by atoms with Crippen molar-refractivity contribution in [3.05, 3.63) is 83.7 Å². The Kier molecular flexibility index (Phi) is 8.26. The second-order valence-corrected chi connectivity index (χ2v) is 8.31. The zero-order valence-electron chi connectivity index (χ0n) is 17.0. The van der Waals surface area contributed by atoms with Gasteiger partial charge in [0.05, 0.1) is 18.0 Å². The Labute approximate surface area is 190 Å². The first-order valence-electron chi connectivity index (χ1n) is 9.64. The van der Waals surface area contributed by atoms with Crippen molar-refractivity contribution in [3.8, 4) is 0 Å². The average Bonchev–Trinajstić information content (AvgIpc) is 3.15. The zero-order chi connectivity index (χ0) is 22.1. The molecular weight excluding hydrogens is 432 g/mol.